The van der Waals surface area contributed by atoms with Crippen LogP contribution in [-0.2, 0) is 4.79 Å². The lowest BCUT2D eigenvalue weighted by atomic mass is 10.1. The Bertz CT molecular complexity index is 431. The SMILES string of the molecule is CN1C(=O)CC(=O)c2nc(I)ccc21. The van der Waals surface area contributed by atoms with Gasteiger partial charge in [-0.15, -0.1) is 0 Å². The molecule has 0 radical (unpaired) electrons. The first-order chi connectivity index (χ1) is 6.59. The Morgan fingerprint density at radius 1 is 1.43 bits per heavy atom. The van der Waals surface area contributed by atoms with Crippen molar-refractivity contribution in [1.82, 2.24) is 4.98 Å². The first-order valence-corrected chi connectivity index (χ1v) is 5.14. The molecule has 0 bridgehead atoms. The molecule has 1 amide bonds. The highest BCUT2D eigenvalue weighted by Gasteiger charge is 2.28. The highest BCUT2D eigenvalue weighted by molar-refractivity contribution is 14.1. The third-order valence-electron chi connectivity index (χ3n) is 2.15. The van der Waals surface area contributed by atoms with Crippen molar-refractivity contribution in [2.24, 2.45) is 0 Å². The summed E-state index contributed by atoms with van der Waals surface area (Å²) in [7, 11) is 1.65. The van der Waals surface area contributed by atoms with Crippen molar-refractivity contribution in [1.29, 1.82) is 0 Å². The number of rotatable bonds is 0. The zero-order valence-electron chi connectivity index (χ0n) is 7.45. The second kappa shape index (κ2) is 3.30. The number of Topliss-reactive ketones (excluding diaryl/α,β-unsaturated/α-hetero) is 1. The first-order valence-electron chi connectivity index (χ1n) is 4.06. The molecule has 0 saturated carbocycles. The Kier molecular flexibility index (Phi) is 2.26. The van der Waals surface area contributed by atoms with Crippen LogP contribution in [0, 0.1) is 3.70 Å². The van der Waals surface area contributed by atoms with Crippen LogP contribution in [0.3, 0.4) is 0 Å². The average molecular weight is 302 g/mol. The first kappa shape index (κ1) is 9.57. The van der Waals surface area contributed by atoms with Crippen molar-refractivity contribution in [3.63, 3.8) is 0 Å². The number of amides is 1. The van der Waals surface area contributed by atoms with E-state index in [9.17, 15) is 9.59 Å². The fraction of sp³-hybridized carbons (Fsp3) is 0.222. The number of hydrogen-bond acceptors (Lipinski definition) is 3. The predicted octanol–water partition coefficient (Wildman–Crippen LogP) is 1.24. The van der Waals surface area contributed by atoms with E-state index in [4.69, 9.17) is 0 Å². The molecule has 1 aliphatic heterocycles. The molecule has 1 aromatic rings. The molecule has 14 heavy (non-hydrogen) atoms. The molecule has 1 aromatic heterocycles. The van der Waals surface area contributed by atoms with Gasteiger partial charge in [-0.1, -0.05) is 0 Å². The highest BCUT2D eigenvalue weighted by Crippen LogP contribution is 2.25. The predicted molar refractivity (Wildman–Crippen MR) is 59.3 cm³/mol. The number of ketones is 1. The summed E-state index contributed by atoms with van der Waals surface area (Å²) >= 11 is 2.04. The maximum atomic E-state index is 11.5. The zero-order chi connectivity index (χ0) is 10.3. The molecule has 0 unspecified atom stereocenters. The van der Waals surface area contributed by atoms with Crippen LogP contribution in [0.2, 0.25) is 0 Å². The van der Waals surface area contributed by atoms with Gasteiger partial charge in [-0.3, -0.25) is 9.59 Å². The second-order valence-electron chi connectivity index (χ2n) is 3.05. The monoisotopic (exact) mass is 302 g/mol. The Hall–Kier alpha value is -0.980. The van der Waals surface area contributed by atoms with E-state index < -0.39 is 0 Å². The van der Waals surface area contributed by atoms with Gasteiger partial charge in [-0.25, -0.2) is 4.98 Å². The molecular weight excluding hydrogens is 295 g/mol. The summed E-state index contributed by atoms with van der Waals surface area (Å²) in [5, 5.41) is 0. The van der Waals surface area contributed by atoms with Gasteiger partial charge in [-0.05, 0) is 34.7 Å². The number of nitrogens with zero attached hydrogens (tertiary/aromatic N) is 2. The number of carbonyl (C=O) groups excluding carboxylic acids is 2. The topological polar surface area (TPSA) is 50.3 Å². The number of anilines is 1. The van der Waals surface area contributed by atoms with Crippen molar-refractivity contribution in [2.75, 3.05) is 11.9 Å². The number of aromatic nitrogens is 1. The Labute approximate surface area is 94.4 Å². The highest BCUT2D eigenvalue weighted by atomic mass is 127. The third kappa shape index (κ3) is 1.41. The molecular formula is C9H7IN2O2. The maximum Gasteiger partial charge on any atom is 0.234 e. The van der Waals surface area contributed by atoms with E-state index in [-0.39, 0.29) is 18.1 Å². The van der Waals surface area contributed by atoms with Gasteiger partial charge >= 0.3 is 0 Å². The molecule has 4 nitrogen and oxygen atoms in total. The largest absolute Gasteiger partial charge is 0.313 e. The molecule has 0 N–H and O–H groups in total. The summed E-state index contributed by atoms with van der Waals surface area (Å²) in [5.74, 6) is -0.368. The standard InChI is InChI=1S/C9H7IN2O2/c1-12-5-2-3-7(10)11-9(5)6(13)4-8(12)14/h2-3H,4H2,1H3. The van der Waals surface area contributed by atoms with Crippen LogP contribution in [0.1, 0.15) is 16.9 Å². The third-order valence-corrected chi connectivity index (χ3v) is 2.75. The summed E-state index contributed by atoms with van der Waals surface area (Å²) in [6.45, 7) is 0. The molecule has 2 rings (SSSR count). The minimum Gasteiger partial charge on any atom is -0.313 e. The van der Waals surface area contributed by atoms with E-state index in [1.54, 1.807) is 19.2 Å². The van der Waals surface area contributed by atoms with Crippen LogP contribution < -0.4 is 4.90 Å². The van der Waals surface area contributed by atoms with E-state index in [0.29, 0.717) is 11.4 Å². The van der Waals surface area contributed by atoms with Gasteiger partial charge in [0.05, 0.1) is 12.1 Å². The normalized spacial score (nSPS) is 15.7. The minimum absolute atomic E-state index is 0.0728. The number of halogens is 1. The summed E-state index contributed by atoms with van der Waals surface area (Å²) < 4.78 is 0.762. The fourth-order valence-electron chi connectivity index (χ4n) is 1.38. The zero-order valence-corrected chi connectivity index (χ0v) is 9.61. The lowest BCUT2D eigenvalue weighted by Gasteiger charge is -2.23. The minimum atomic E-state index is -0.193. The van der Waals surface area contributed by atoms with Crippen LogP contribution >= 0.6 is 22.6 Å². The number of carbonyl (C=O) groups is 2. The summed E-state index contributed by atoms with van der Waals surface area (Å²) in [6.07, 6.45) is -0.0728. The summed E-state index contributed by atoms with van der Waals surface area (Å²) in [4.78, 5) is 28.4. The molecule has 5 heteroatoms. The lowest BCUT2D eigenvalue weighted by molar-refractivity contribution is -0.117. The van der Waals surface area contributed by atoms with E-state index in [1.807, 2.05) is 22.6 Å². The van der Waals surface area contributed by atoms with E-state index in [2.05, 4.69) is 4.98 Å². The molecule has 0 aliphatic carbocycles. The quantitative estimate of drug-likeness (QED) is 0.411. The van der Waals surface area contributed by atoms with E-state index in [0.717, 1.165) is 3.70 Å². The second-order valence-corrected chi connectivity index (χ2v) is 4.16. The molecule has 0 saturated heterocycles. The van der Waals surface area contributed by atoms with E-state index in [1.165, 1.54) is 4.90 Å². The Morgan fingerprint density at radius 2 is 2.14 bits per heavy atom. The fourth-order valence-corrected chi connectivity index (χ4v) is 1.80. The van der Waals surface area contributed by atoms with Gasteiger partial charge in [0, 0.05) is 7.05 Å². The average Bonchev–Trinajstić information content (AvgIpc) is 2.14. The van der Waals surface area contributed by atoms with Crippen molar-refractivity contribution in [3.05, 3.63) is 21.5 Å². The number of fused-ring (bicyclic) bond motifs is 1. The molecule has 0 atom stereocenters. The van der Waals surface area contributed by atoms with Gasteiger partial charge in [0.25, 0.3) is 0 Å². The van der Waals surface area contributed by atoms with Crippen molar-refractivity contribution < 1.29 is 9.59 Å². The van der Waals surface area contributed by atoms with Gasteiger partial charge in [0.1, 0.15) is 9.39 Å². The van der Waals surface area contributed by atoms with Crippen LogP contribution in [0.4, 0.5) is 5.69 Å². The Balaban J connectivity index is 2.61. The van der Waals surface area contributed by atoms with Crippen LogP contribution in [0.25, 0.3) is 0 Å². The lowest BCUT2D eigenvalue weighted by Crippen LogP contribution is -2.34. The Morgan fingerprint density at radius 3 is 2.86 bits per heavy atom. The van der Waals surface area contributed by atoms with Crippen molar-refractivity contribution in [2.45, 2.75) is 6.42 Å². The summed E-state index contributed by atoms with van der Waals surface area (Å²) in [6, 6.07) is 3.53. The van der Waals surface area contributed by atoms with Crippen molar-refractivity contribution >= 4 is 40.0 Å². The number of pyridine rings is 1. The molecule has 1 aliphatic rings. The molecule has 2 heterocycles. The van der Waals surface area contributed by atoms with Crippen LogP contribution in [0.15, 0.2) is 12.1 Å². The van der Waals surface area contributed by atoms with Crippen LogP contribution in [0.5, 0.6) is 0 Å². The maximum absolute atomic E-state index is 11.5. The summed E-state index contributed by atoms with van der Waals surface area (Å²) in [5.41, 5.74) is 1.01. The molecule has 72 valence electrons. The van der Waals surface area contributed by atoms with Gasteiger partial charge in [-0.2, -0.15) is 0 Å². The van der Waals surface area contributed by atoms with Crippen LogP contribution in [-0.4, -0.2) is 23.7 Å². The molecule has 0 fully saturated rings. The van der Waals surface area contributed by atoms with Crippen molar-refractivity contribution in [3.8, 4) is 0 Å². The van der Waals surface area contributed by atoms with Gasteiger partial charge in [0.2, 0.25) is 5.91 Å². The van der Waals surface area contributed by atoms with Gasteiger partial charge in [0.15, 0.2) is 5.78 Å². The smallest absolute Gasteiger partial charge is 0.234 e. The van der Waals surface area contributed by atoms with E-state index >= 15 is 0 Å². The molecule has 0 spiro atoms. The van der Waals surface area contributed by atoms with Gasteiger partial charge < -0.3 is 4.90 Å². The number of hydrogen-bond donors (Lipinski definition) is 0. The molecule has 0 aromatic carbocycles.